The molecule has 0 radical (unpaired) electrons. The van der Waals surface area contributed by atoms with Gasteiger partial charge in [-0.3, -0.25) is 0 Å². The van der Waals surface area contributed by atoms with E-state index in [1.54, 1.807) is 0 Å². The maximum atomic E-state index is 10.2. The molecule has 2 aliphatic rings. The lowest BCUT2D eigenvalue weighted by molar-refractivity contribution is 0.460. The maximum absolute atomic E-state index is 10.2. The van der Waals surface area contributed by atoms with Crippen LogP contribution >= 0.6 is 0 Å². The number of aromatic hydroxyl groups is 1. The minimum Gasteiger partial charge on any atom is -0.508 e. The lowest BCUT2D eigenvalue weighted by Crippen LogP contribution is -2.24. The van der Waals surface area contributed by atoms with Crippen LogP contribution in [0.1, 0.15) is 48.8 Å². The van der Waals surface area contributed by atoms with Gasteiger partial charge in [-0.25, -0.2) is 0 Å². The van der Waals surface area contributed by atoms with E-state index in [0.717, 1.165) is 19.4 Å². The quantitative estimate of drug-likeness (QED) is 0.785. The zero-order chi connectivity index (χ0) is 12.4. The van der Waals surface area contributed by atoms with Gasteiger partial charge in [0, 0.05) is 6.04 Å². The van der Waals surface area contributed by atoms with Gasteiger partial charge >= 0.3 is 0 Å². The summed E-state index contributed by atoms with van der Waals surface area (Å²) in [7, 11) is 0. The zero-order valence-corrected chi connectivity index (χ0v) is 11.0. The summed E-state index contributed by atoms with van der Waals surface area (Å²) in [5, 5.41) is 13.7. The van der Waals surface area contributed by atoms with Gasteiger partial charge < -0.3 is 10.4 Å². The maximum Gasteiger partial charge on any atom is 0.119 e. The Bertz CT molecular complexity index is 421. The van der Waals surface area contributed by atoms with Crippen LogP contribution in [-0.4, -0.2) is 17.7 Å². The minimum atomic E-state index is 0.518. The van der Waals surface area contributed by atoms with Crippen LogP contribution in [-0.2, 0) is 19.3 Å². The number of nitrogens with one attached hydrogen (secondary N) is 1. The first-order valence-corrected chi connectivity index (χ1v) is 7.40. The molecule has 0 saturated carbocycles. The summed E-state index contributed by atoms with van der Waals surface area (Å²) < 4.78 is 0. The van der Waals surface area contributed by atoms with E-state index in [-0.39, 0.29) is 0 Å². The molecule has 0 aromatic heterocycles. The normalized spacial score (nSPS) is 23.7. The average Bonchev–Trinajstić information content (AvgIpc) is 2.76. The summed E-state index contributed by atoms with van der Waals surface area (Å²) in [6, 6.07) is 4.63. The Labute approximate surface area is 109 Å². The first-order valence-electron chi connectivity index (χ1n) is 7.40. The third-order valence-electron chi connectivity index (χ3n) is 4.49. The highest BCUT2D eigenvalue weighted by Gasteiger charge is 2.20. The molecule has 1 fully saturated rings. The molecule has 0 amide bonds. The number of phenolic OH excluding ortho intramolecular Hbond substituents is 1. The molecule has 1 atom stereocenters. The van der Waals surface area contributed by atoms with Gasteiger partial charge in [0.25, 0.3) is 0 Å². The Kier molecular flexibility index (Phi) is 3.55. The Hall–Kier alpha value is -1.02. The lowest BCUT2D eigenvalue weighted by Gasteiger charge is -2.17. The van der Waals surface area contributed by atoms with Gasteiger partial charge in [0.15, 0.2) is 0 Å². The van der Waals surface area contributed by atoms with E-state index in [2.05, 4.69) is 11.4 Å². The average molecular weight is 245 g/mol. The standard InChI is InChI=1S/C16H23NO/c18-16-9-8-12-5-2-1-3-7-14(12)15(16)11-13-6-4-10-17-13/h8-9,13,17-18H,1-7,10-11H2. The molecule has 1 heterocycles. The van der Waals surface area contributed by atoms with E-state index in [4.69, 9.17) is 0 Å². The van der Waals surface area contributed by atoms with Crippen molar-refractivity contribution in [2.75, 3.05) is 6.54 Å². The number of hydrogen-bond acceptors (Lipinski definition) is 2. The molecule has 2 N–H and O–H groups in total. The molecule has 2 heteroatoms. The van der Waals surface area contributed by atoms with Gasteiger partial charge in [-0.2, -0.15) is 0 Å². The van der Waals surface area contributed by atoms with E-state index >= 15 is 0 Å². The molecule has 1 aliphatic carbocycles. The van der Waals surface area contributed by atoms with Gasteiger partial charge in [-0.05, 0) is 74.2 Å². The number of benzene rings is 1. The Morgan fingerprint density at radius 2 is 2.00 bits per heavy atom. The van der Waals surface area contributed by atoms with Crippen molar-refractivity contribution in [3.63, 3.8) is 0 Å². The summed E-state index contributed by atoms with van der Waals surface area (Å²) in [5.41, 5.74) is 4.17. The number of hydrogen-bond donors (Lipinski definition) is 2. The van der Waals surface area contributed by atoms with Gasteiger partial charge in [-0.15, -0.1) is 0 Å². The summed E-state index contributed by atoms with van der Waals surface area (Å²) in [5.74, 6) is 0.518. The Morgan fingerprint density at radius 3 is 2.83 bits per heavy atom. The number of fused-ring (bicyclic) bond motifs is 1. The fourth-order valence-corrected chi connectivity index (χ4v) is 3.47. The van der Waals surface area contributed by atoms with Crippen molar-refractivity contribution in [1.29, 1.82) is 0 Å². The zero-order valence-electron chi connectivity index (χ0n) is 11.0. The third-order valence-corrected chi connectivity index (χ3v) is 4.49. The third kappa shape index (κ3) is 2.39. The molecule has 1 aromatic rings. The van der Waals surface area contributed by atoms with Gasteiger partial charge in [0.05, 0.1) is 0 Å². The van der Waals surface area contributed by atoms with E-state index < -0.39 is 0 Å². The van der Waals surface area contributed by atoms with Crippen LogP contribution in [0.25, 0.3) is 0 Å². The van der Waals surface area contributed by atoms with Crippen molar-refractivity contribution < 1.29 is 5.11 Å². The second kappa shape index (κ2) is 5.31. The minimum absolute atomic E-state index is 0.518. The SMILES string of the molecule is Oc1ccc2c(c1CC1CCCN1)CCCCC2. The van der Waals surface area contributed by atoms with Gasteiger partial charge in [-0.1, -0.05) is 12.5 Å². The van der Waals surface area contributed by atoms with Crippen molar-refractivity contribution in [3.05, 3.63) is 28.8 Å². The number of aryl methyl sites for hydroxylation is 1. The van der Waals surface area contributed by atoms with Crippen molar-refractivity contribution in [1.82, 2.24) is 5.32 Å². The smallest absolute Gasteiger partial charge is 0.119 e. The summed E-state index contributed by atoms with van der Waals surface area (Å²) in [6.07, 6.45) is 9.81. The van der Waals surface area contributed by atoms with Crippen LogP contribution in [0, 0.1) is 0 Å². The van der Waals surface area contributed by atoms with Crippen molar-refractivity contribution >= 4 is 0 Å². The highest BCUT2D eigenvalue weighted by molar-refractivity contribution is 5.45. The first-order chi connectivity index (χ1) is 8.84. The molecule has 2 nitrogen and oxygen atoms in total. The highest BCUT2D eigenvalue weighted by atomic mass is 16.3. The number of phenols is 1. The fraction of sp³-hybridized carbons (Fsp3) is 0.625. The fourth-order valence-electron chi connectivity index (χ4n) is 3.47. The van der Waals surface area contributed by atoms with E-state index in [1.807, 2.05) is 6.07 Å². The Balaban J connectivity index is 1.90. The van der Waals surface area contributed by atoms with E-state index in [1.165, 1.54) is 55.2 Å². The molecule has 1 unspecified atom stereocenters. The van der Waals surface area contributed by atoms with E-state index in [0.29, 0.717) is 11.8 Å². The predicted octanol–water partition coefficient (Wildman–Crippen LogP) is 2.96. The summed E-state index contributed by atoms with van der Waals surface area (Å²) in [6.45, 7) is 1.14. The molecule has 0 spiro atoms. The van der Waals surface area contributed by atoms with Crippen LogP contribution in [0.4, 0.5) is 0 Å². The molecule has 1 aromatic carbocycles. The summed E-state index contributed by atoms with van der Waals surface area (Å²) >= 11 is 0. The van der Waals surface area contributed by atoms with Crippen molar-refractivity contribution in [2.45, 2.75) is 57.4 Å². The predicted molar refractivity (Wildman–Crippen MR) is 74.1 cm³/mol. The monoisotopic (exact) mass is 245 g/mol. The van der Waals surface area contributed by atoms with E-state index in [9.17, 15) is 5.11 Å². The molecule has 18 heavy (non-hydrogen) atoms. The van der Waals surface area contributed by atoms with Crippen LogP contribution < -0.4 is 5.32 Å². The van der Waals surface area contributed by atoms with Crippen LogP contribution in [0.3, 0.4) is 0 Å². The van der Waals surface area contributed by atoms with Gasteiger partial charge in [0.1, 0.15) is 5.75 Å². The lowest BCUT2D eigenvalue weighted by atomic mass is 9.92. The molecular formula is C16H23NO. The topological polar surface area (TPSA) is 32.3 Å². The molecule has 98 valence electrons. The first kappa shape index (κ1) is 12.0. The second-order valence-electron chi connectivity index (χ2n) is 5.76. The largest absolute Gasteiger partial charge is 0.508 e. The summed E-state index contributed by atoms with van der Waals surface area (Å²) in [4.78, 5) is 0. The highest BCUT2D eigenvalue weighted by Crippen LogP contribution is 2.31. The van der Waals surface area contributed by atoms with Crippen molar-refractivity contribution in [2.24, 2.45) is 0 Å². The molecule has 3 rings (SSSR count). The van der Waals surface area contributed by atoms with Crippen LogP contribution in [0.5, 0.6) is 5.75 Å². The molecule has 1 saturated heterocycles. The molecular weight excluding hydrogens is 222 g/mol. The Morgan fingerprint density at radius 1 is 1.11 bits per heavy atom. The second-order valence-corrected chi connectivity index (χ2v) is 5.76. The van der Waals surface area contributed by atoms with Gasteiger partial charge in [0.2, 0.25) is 0 Å². The van der Waals surface area contributed by atoms with Crippen LogP contribution in [0.15, 0.2) is 12.1 Å². The van der Waals surface area contributed by atoms with Crippen LogP contribution in [0.2, 0.25) is 0 Å². The van der Waals surface area contributed by atoms with Crippen molar-refractivity contribution in [3.8, 4) is 5.75 Å². The molecule has 1 aliphatic heterocycles. The molecule has 0 bridgehead atoms. The number of rotatable bonds is 2.